The summed E-state index contributed by atoms with van der Waals surface area (Å²) in [6.07, 6.45) is 4.21. The van der Waals surface area contributed by atoms with Crippen LogP contribution in [0.25, 0.3) is 0 Å². The number of carbonyl (C=O) groups excluding carboxylic acids is 2. The number of hydrogen-bond donors (Lipinski definition) is 0. The summed E-state index contributed by atoms with van der Waals surface area (Å²) in [4.78, 5) is 26.1. The van der Waals surface area contributed by atoms with E-state index < -0.39 is 31.6 Å². The van der Waals surface area contributed by atoms with Crippen LogP contribution in [0.2, 0.25) is 18.1 Å². The average Bonchev–Trinajstić information content (AvgIpc) is 2.75. The van der Waals surface area contributed by atoms with E-state index in [0.29, 0.717) is 6.42 Å². The van der Waals surface area contributed by atoms with Gasteiger partial charge >= 0.3 is 11.9 Å². The fraction of sp³-hybridized carbons (Fsp3) is 0.538. The lowest BCUT2D eigenvalue weighted by Gasteiger charge is -2.40. The van der Waals surface area contributed by atoms with Crippen LogP contribution in [0.1, 0.15) is 52.0 Å². The summed E-state index contributed by atoms with van der Waals surface area (Å²) < 4.78 is 16.8. The quantitative estimate of drug-likeness (QED) is 0.246. The van der Waals surface area contributed by atoms with Crippen LogP contribution in [0, 0.1) is 23.2 Å². The van der Waals surface area contributed by atoms with Gasteiger partial charge in [0.25, 0.3) is 0 Å². The van der Waals surface area contributed by atoms with Crippen LogP contribution < -0.4 is 0 Å². The third-order valence-electron chi connectivity index (χ3n) is 6.62. The second-order valence-corrected chi connectivity index (χ2v) is 14.5. The highest BCUT2D eigenvalue weighted by Gasteiger charge is 2.54. The van der Waals surface area contributed by atoms with Gasteiger partial charge in [-0.1, -0.05) is 50.8 Å². The van der Waals surface area contributed by atoms with Crippen molar-refractivity contribution in [3.8, 4) is 11.8 Å². The van der Waals surface area contributed by atoms with Crippen LogP contribution in [0.5, 0.6) is 0 Å². The van der Waals surface area contributed by atoms with Crippen molar-refractivity contribution in [2.24, 2.45) is 11.3 Å². The van der Waals surface area contributed by atoms with Gasteiger partial charge in [-0.05, 0) is 49.2 Å². The fourth-order valence-electron chi connectivity index (χ4n) is 3.67. The van der Waals surface area contributed by atoms with E-state index >= 15 is 0 Å². The molecule has 0 saturated carbocycles. The first-order valence-corrected chi connectivity index (χ1v) is 14.0. The highest BCUT2D eigenvalue weighted by Crippen LogP contribution is 2.44. The first kappa shape index (κ1) is 25.7. The van der Waals surface area contributed by atoms with E-state index in [4.69, 9.17) is 13.9 Å². The predicted molar refractivity (Wildman–Crippen MR) is 128 cm³/mol. The molecular formula is C26H36O5Si. The Morgan fingerprint density at radius 1 is 1.06 bits per heavy atom. The van der Waals surface area contributed by atoms with E-state index in [1.54, 1.807) is 0 Å². The van der Waals surface area contributed by atoms with E-state index in [-0.39, 0.29) is 11.5 Å². The van der Waals surface area contributed by atoms with Gasteiger partial charge in [0.15, 0.2) is 5.41 Å². The van der Waals surface area contributed by atoms with Gasteiger partial charge in [-0.25, -0.2) is 0 Å². The molecule has 6 heteroatoms. The number of allylic oxidation sites excluding steroid dienone is 2. The van der Waals surface area contributed by atoms with Crippen molar-refractivity contribution < 1.29 is 23.5 Å². The van der Waals surface area contributed by atoms with Crippen LogP contribution in [0.3, 0.4) is 0 Å². The van der Waals surface area contributed by atoms with E-state index in [9.17, 15) is 9.59 Å². The maximum Gasteiger partial charge on any atom is 0.324 e. The van der Waals surface area contributed by atoms with Gasteiger partial charge in [0.2, 0.25) is 8.32 Å². The number of benzene rings is 1. The Kier molecular flexibility index (Phi) is 8.36. The van der Waals surface area contributed by atoms with Gasteiger partial charge in [0.1, 0.15) is 0 Å². The van der Waals surface area contributed by atoms with Crippen LogP contribution >= 0.6 is 0 Å². The van der Waals surface area contributed by atoms with Crippen molar-refractivity contribution in [3.05, 3.63) is 47.7 Å². The third kappa shape index (κ3) is 5.63. The van der Waals surface area contributed by atoms with Crippen LogP contribution in [-0.2, 0) is 23.5 Å². The molecular weight excluding hydrogens is 420 g/mol. The molecule has 0 heterocycles. The number of carbonyl (C=O) groups is 2. The minimum Gasteiger partial charge on any atom is -0.547 e. The van der Waals surface area contributed by atoms with E-state index in [1.807, 2.05) is 36.4 Å². The summed E-state index contributed by atoms with van der Waals surface area (Å²) in [5, 5.41) is 0.0454. The molecule has 0 aliphatic heterocycles. The number of methoxy groups -OCH3 is 2. The van der Waals surface area contributed by atoms with Crippen molar-refractivity contribution >= 4 is 20.3 Å². The lowest BCUT2D eigenvalue weighted by Crippen LogP contribution is -2.47. The molecule has 0 fully saturated rings. The first-order valence-electron chi connectivity index (χ1n) is 11.1. The van der Waals surface area contributed by atoms with Crippen molar-refractivity contribution in [2.75, 3.05) is 14.2 Å². The van der Waals surface area contributed by atoms with Gasteiger partial charge in [-0.15, -0.1) is 0 Å². The molecule has 0 saturated heterocycles. The van der Waals surface area contributed by atoms with Crippen molar-refractivity contribution in [1.29, 1.82) is 0 Å². The molecule has 1 aliphatic carbocycles. The summed E-state index contributed by atoms with van der Waals surface area (Å²) in [6, 6.07) is 9.47. The summed E-state index contributed by atoms with van der Waals surface area (Å²) >= 11 is 0. The Bertz CT molecular complexity index is 884. The molecule has 32 heavy (non-hydrogen) atoms. The zero-order valence-electron chi connectivity index (χ0n) is 20.4. The summed E-state index contributed by atoms with van der Waals surface area (Å²) in [7, 11) is 0.542. The first-order chi connectivity index (χ1) is 15.0. The molecule has 0 amide bonds. The SMILES string of the molecule is COC(=O)C(CC#Cc1ccccc1)(C(=O)OC)C1C=C(O[Si](C)(C)C(C)(C)C)CCC1. The van der Waals surface area contributed by atoms with E-state index in [0.717, 1.165) is 24.2 Å². The molecule has 1 aromatic rings. The molecule has 174 valence electrons. The van der Waals surface area contributed by atoms with E-state index in [2.05, 4.69) is 45.7 Å². The molecule has 1 aromatic carbocycles. The molecule has 2 rings (SSSR count). The van der Waals surface area contributed by atoms with Crippen LogP contribution in [-0.4, -0.2) is 34.5 Å². The molecule has 0 bridgehead atoms. The summed E-state index contributed by atoms with van der Waals surface area (Å²) in [5.74, 6) is 5.29. The van der Waals surface area contributed by atoms with Crippen LogP contribution in [0.15, 0.2) is 42.2 Å². The minimum absolute atomic E-state index is 0.00970. The standard InChI is InChI=1S/C26H36O5Si/c1-25(2,3)32(6,7)31-22-17-11-16-21(19-22)26(23(27)29-4,24(28)30-5)18-12-15-20-13-9-8-10-14-20/h8-10,13-14,19,21H,11,16-18H2,1-7H3. The summed E-state index contributed by atoms with van der Waals surface area (Å²) in [5.41, 5.74) is -0.717. The molecule has 1 unspecified atom stereocenters. The lowest BCUT2D eigenvalue weighted by molar-refractivity contribution is -0.172. The zero-order valence-corrected chi connectivity index (χ0v) is 21.4. The summed E-state index contributed by atoms with van der Waals surface area (Å²) in [6.45, 7) is 10.9. The molecule has 1 atom stereocenters. The van der Waals surface area contributed by atoms with Crippen LogP contribution in [0.4, 0.5) is 0 Å². The molecule has 0 N–H and O–H groups in total. The second kappa shape index (κ2) is 10.4. The molecule has 0 spiro atoms. The molecule has 1 aliphatic rings. The Morgan fingerprint density at radius 2 is 1.66 bits per heavy atom. The number of hydrogen-bond acceptors (Lipinski definition) is 5. The highest BCUT2D eigenvalue weighted by atomic mass is 28.4. The Labute approximate surface area is 193 Å². The van der Waals surface area contributed by atoms with Crippen molar-refractivity contribution in [2.45, 2.75) is 64.6 Å². The Morgan fingerprint density at radius 3 is 2.19 bits per heavy atom. The number of esters is 2. The smallest absolute Gasteiger partial charge is 0.324 e. The van der Waals surface area contributed by atoms with Gasteiger partial charge in [0, 0.05) is 24.3 Å². The molecule has 5 nitrogen and oxygen atoms in total. The monoisotopic (exact) mass is 456 g/mol. The van der Waals surface area contributed by atoms with Gasteiger partial charge < -0.3 is 13.9 Å². The average molecular weight is 457 g/mol. The number of rotatable bonds is 6. The molecule has 0 aromatic heterocycles. The maximum atomic E-state index is 13.1. The topological polar surface area (TPSA) is 61.8 Å². The minimum atomic E-state index is -2.05. The van der Waals surface area contributed by atoms with E-state index in [1.165, 1.54) is 14.2 Å². The largest absolute Gasteiger partial charge is 0.547 e. The fourth-order valence-corrected chi connectivity index (χ4v) is 4.81. The number of ether oxygens (including phenoxy) is 2. The van der Waals surface area contributed by atoms with Gasteiger partial charge in [-0.3, -0.25) is 9.59 Å². The van der Waals surface area contributed by atoms with Gasteiger partial charge in [-0.2, -0.15) is 0 Å². The van der Waals surface area contributed by atoms with Crippen molar-refractivity contribution in [1.82, 2.24) is 0 Å². The Balaban J connectivity index is 2.47. The van der Waals surface area contributed by atoms with Crippen molar-refractivity contribution in [3.63, 3.8) is 0 Å². The lowest BCUT2D eigenvalue weighted by atomic mass is 9.69. The maximum absolute atomic E-state index is 13.1. The highest BCUT2D eigenvalue weighted by molar-refractivity contribution is 6.74. The zero-order chi connectivity index (χ0) is 24.0. The molecule has 0 radical (unpaired) electrons. The Hall–Kier alpha value is -2.52. The van der Waals surface area contributed by atoms with Gasteiger partial charge in [0.05, 0.1) is 20.0 Å². The third-order valence-corrected chi connectivity index (χ3v) is 11.0. The normalized spacial score (nSPS) is 16.8. The predicted octanol–water partition coefficient (Wildman–Crippen LogP) is 5.47. The second-order valence-electron chi connectivity index (χ2n) is 9.79.